The molecule has 0 radical (unpaired) electrons. The number of carbonyl (C=O) groups excluding carboxylic acids is 1. The summed E-state index contributed by atoms with van der Waals surface area (Å²) in [5.41, 5.74) is 2.08. The summed E-state index contributed by atoms with van der Waals surface area (Å²) in [6.07, 6.45) is 2.27. The Hall–Kier alpha value is -1.68. The normalized spacial score (nSPS) is 22.3. The molecule has 1 fully saturated rings. The Morgan fingerprint density at radius 1 is 1.16 bits per heavy atom. The van der Waals surface area contributed by atoms with Gasteiger partial charge in [0.15, 0.2) is 0 Å². The van der Waals surface area contributed by atoms with E-state index in [1.165, 1.54) is 0 Å². The third-order valence-electron chi connectivity index (χ3n) is 3.41. The molecule has 1 aromatic carbocycles. The molecule has 2 heterocycles. The Balaban J connectivity index is 1.95. The highest BCUT2D eigenvalue weighted by Gasteiger charge is 2.35. The Bertz CT molecular complexity index is 583. The molecule has 1 saturated heterocycles. The average molecular weight is 317 g/mol. The maximum absolute atomic E-state index is 11.7. The first-order chi connectivity index (χ1) is 9.24. The van der Waals surface area contributed by atoms with Gasteiger partial charge in [0.1, 0.15) is 0 Å². The Morgan fingerprint density at radius 2 is 1.95 bits per heavy atom. The van der Waals surface area contributed by atoms with Crippen molar-refractivity contribution in [1.82, 2.24) is 10.3 Å². The van der Waals surface area contributed by atoms with Crippen molar-refractivity contribution in [3.05, 3.63) is 64.4 Å². The standard InChI is InChI=1S/C15H13BrN2O/c16-11-6-7-13(17-9-11)12-8-14(19)18-15(12)10-4-2-1-3-5-10/h1-7,9,12,15H,8H2,(H,18,19). The van der Waals surface area contributed by atoms with E-state index in [0.717, 1.165) is 15.7 Å². The van der Waals surface area contributed by atoms with Crippen LogP contribution in [0.2, 0.25) is 0 Å². The number of benzene rings is 1. The number of nitrogens with zero attached hydrogens (tertiary/aromatic N) is 1. The molecule has 96 valence electrons. The first kappa shape index (κ1) is 12.4. The zero-order valence-electron chi connectivity index (χ0n) is 10.2. The molecule has 2 atom stereocenters. The number of hydrogen-bond acceptors (Lipinski definition) is 2. The van der Waals surface area contributed by atoms with Crippen LogP contribution in [0.5, 0.6) is 0 Å². The van der Waals surface area contributed by atoms with Crippen molar-refractivity contribution in [3.8, 4) is 0 Å². The molecule has 2 unspecified atom stereocenters. The molecule has 0 spiro atoms. The van der Waals surface area contributed by atoms with Gasteiger partial charge in [-0.05, 0) is 33.6 Å². The summed E-state index contributed by atoms with van der Waals surface area (Å²) in [7, 11) is 0. The van der Waals surface area contributed by atoms with Crippen molar-refractivity contribution in [1.29, 1.82) is 0 Å². The van der Waals surface area contributed by atoms with E-state index in [4.69, 9.17) is 0 Å². The molecular weight excluding hydrogens is 304 g/mol. The third kappa shape index (κ3) is 2.54. The molecule has 3 rings (SSSR count). The van der Waals surface area contributed by atoms with Crippen molar-refractivity contribution in [2.24, 2.45) is 0 Å². The average Bonchev–Trinajstić information content (AvgIpc) is 2.83. The van der Waals surface area contributed by atoms with Gasteiger partial charge in [0.25, 0.3) is 0 Å². The number of hydrogen-bond donors (Lipinski definition) is 1. The second kappa shape index (κ2) is 5.13. The summed E-state index contributed by atoms with van der Waals surface area (Å²) in [4.78, 5) is 16.2. The van der Waals surface area contributed by atoms with E-state index in [2.05, 4.69) is 26.2 Å². The fraction of sp³-hybridized carbons (Fsp3) is 0.200. The molecule has 1 aliphatic rings. The van der Waals surface area contributed by atoms with E-state index in [1.807, 2.05) is 42.5 Å². The van der Waals surface area contributed by atoms with Crippen molar-refractivity contribution in [3.63, 3.8) is 0 Å². The summed E-state index contributed by atoms with van der Waals surface area (Å²) in [5.74, 6) is 0.187. The maximum Gasteiger partial charge on any atom is 0.221 e. The molecule has 1 aromatic heterocycles. The monoisotopic (exact) mass is 316 g/mol. The lowest BCUT2D eigenvalue weighted by Crippen LogP contribution is -2.20. The van der Waals surface area contributed by atoms with Gasteiger partial charge in [-0.25, -0.2) is 0 Å². The van der Waals surface area contributed by atoms with Gasteiger partial charge in [-0.1, -0.05) is 30.3 Å². The van der Waals surface area contributed by atoms with Crippen molar-refractivity contribution >= 4 is 21.8 Å². The molecule has 2 aromatic rings. The summed E-state index contributed by atoms with van der Waals surface area (Å²) in [6.45, 7) is 0. The number of nitrogens with one attached hydrogen (secondary N) is 1. The van der Waals surface area contributed by atoms with Crippen LogP contribution < -0.4 is 5.32 Å². The molecule has 0 saturated carbocycles. The molecule has 1 amide bonds. The zero-order valence-corrected chi connectivity index (χ0v) is 11.8. The lowest BCUT2D eigenvalue weighted by molar-refractivity contribution is -0.119. The number of pyridine rings is 1. The summed E-state index contributed by atoms with van der Waals surface area (Å²) in [6, 6.07) is 14.0. The van der Waals surface area contributed by atoms with Gasteiger partial charge in [-0.15, -0.1) is 0 Å². The Kier molecular flexibility index (Phi) is 3.34. The maximum atomic E-state index is 11.7. The topological polar surface area (TPSA) is 42.0 Å². The first-order valence-corrected chi connectivity index (χ1v) is 6.99. The largest absolute Gasteiger partial charge is 0.349 e. The molecule has 0 aliphatic carbocycles. The van der Waals surface area contributed by atoms with E-state index in [0.29, 0.717) is 6.42 Å². The van der Waals surface area contributed by atoms with E-state index < -0.39 is 0 Å². The zero-order chi connectivity index (χ0) is 13.2. The second-order valence-corrected chi connectivity index (χ2v) is 5.58. The van der Waals surface area contributed by atoms with Crippen LogP contribution in [0, 0.1) is 0 Å². The van der Waals surface area contributed by atoms with Crippen LogP contribution in [0.4, 0.5) is 0 Å². The summed E-state index contributed by atoms with van der Waals surface area (Å²) >= 11 is 3.38. The van der Waals surface area contributed by atoms with Crippen LogP contribution in [0.1, 0.15) is 29.6 Å². The van der Waals surface area contributed by atoms with E-state index in [9.17, 15) is 4.79 Å². The van der Waals surface area contributed by atoms with Crippen LogP contribution in [-0.4, -0.2) is 10.9 Å². The predicted molar refractivity (Wildman–Crippen MR) is 76.6 cm³/mol. The fourth-order valence-electron chi connectivity index (χ4n) is 2.51. The molecule has 3 nitrogen and oxygen atoms in total. The van der Waals surface area contributed by atoms with Gasteiger partial charge < -0.3 is 5.32 Å². The van der Waals surface area contributed by atoms with Gasteiger partial charge in [0.05, 0.1) is 6.04 Å². The number of carbonyl (C=O) groups is 1. The predicted octanol–water partition coefficient (Wildman–Crippen LogP) is 3.19. The number of amides is 1. The van der Waals surface area contributed by atoms with Crippen molar-refractivity contribution in [2.45, 2.75) is 18.4 Å². The van der Waals surface area contributed by atoms with Crippen molar-refractivity contribution < 1.29 is 4.79 Å². The highest BCUT2D eigenvalue weighted by molar-refractivity contribution is 9.10. The van der Waals surface area contributed by atoms with Crippen LogP contribution >= 0.6 is 15.9 Å². The molecule has 4 heteroatoms. The summed E-state index contributed by atoms with van der Waals surface area (Å²) in [5, 5.41) is 3.04. The summed E-state index contributed by atoms with van der Waals surface area (Å²) < 4.78 is 0.949. The van der Waals surface area contributed by atoms with Gasteiger partial charge in [0, 0.05) is 28.7 Å². The van der Waals surface area contributed by atoms with E-state index in [-0.39, 0.29) is 17.9 Å². The second-order valence-electron chi connectivity index (χ2n) is 4.67. The SMILES string of the molecule is O=C1CC(c2ccc(Br)cn2)C(c2ccccc2)N1. The smallest absolute Gasteiger partial charge is 0.221 e. The van der Waals surface area contributed by atoms with Crippen LogP contribution in [0.25, 0.3) is 0 Å². The van der Waals surface area contributed by atoms with Crippen LogP contribution in [-0.2, 0) is 4.79 Å². The molecule has 1 N–H and O–H groups in total. The highest BCUT2D eigenvalue weighted by Crippen LogP contribution is 2.37. The van der Waals surface area contributed by atoms with Gasteiger partial charge in [0.2, 0.25) is 5.91 Å². The van der Waals surface area contributed by atoms with E-state index >= 15 is 0 Å². The minimum absolute atomic E-state index is 0.0161. The Morgan fingerprint density at radius 3 is 2.63 bits per heavy atom. The van der Waals surface area contributed by atoms with E-state index in [1.54, 1.807) is 6.20 Å². The van der Waals surface area contributed by atoms with Crippen molar-refractivity contribution in [2.75, 3.05) is 0 Å². The third-order valence-corrected chi connectivity index (χ3v) is 3.88. The molecule has 1 aliphatic heterocycles. The first-order valence-electron chi connectivity index (χ1n) is 6.20. The van der Waals surface area contributed by atoms with Crippen LogP contribution in [0.15, 0.2) is 53.1 Å². The lowest BCUT2D eigenvalue weighted by Gasteiger charge is -2.18. The lowest BCUT2D eigenvalue weighted by atomic mass is 9.91. The molecular formula is C15H13BrN2O. The van der Waals surface area contributed by atoms with Gasteiger partial charge in [-0.3, -0.25) is 9.78 Å². The minimum Gasteiger partial charge on any atom is -0.349 e. The number of aromatic nitrogens is 1. The minimum atomic E-state index is 0.0161. The molecule has 0 bridgehead atoms. The highest BCUT2D eigenvalue weighted by atomic mass is 79.9. The van der Waals surface area contributed by atoms with Crippen LogP contribution in [0.3, 0.4) is 0 Å². The van der Waals surface area contributed by atoms with Gasteiger partial charge >= 0.3 is 0 Å². The quantitative estimate of drug-likeness (QED) is 0.924. The number of halogens is 1. The molecule has 19 heavy (non-hydrogen) atoms. The fourth-order valence-corrected chi connectivity index (χ4v) is 2.74. The van der Waals surface area contributed by atoms with Gasteiger partial charge in [-0.2, -0.15) is 0 Å². The number of rotatable bonds is 2. The Labute approximate surface area is 120 Å².